The molecule has 3 heterocycles. The number of anilines is 2. The zero-order valence-electron chi connectivity index (χ0n) is 23.4. The number of hydrogen-bond donors (Lipinski definition) is 2. The highest BCUT2D eigenvalue weighted by Gasteiger charge is 2.53. The molecular formula is C35H30N4O3. The van der Waals surface area contributed by atoms with Crippen molar-refractivity contribution in [3.05, 3.63) is 131 Å². The average Bonchev–Trinajstić information content (AvgIpc) is 3.51. The summed E-state index contributed by atoms with van der Waals surface area (Å²) in [6.07, 6.45) is 1.29. The number of aryl methyl sites for hydroxylation is 2. The van der Waals surface area contributed by atoms with Gasteiger partial charge in [0.1, 0.15) is 12.1 Å². The summed E-state index contributed by atoms with van der Waals surface area (Å²) in [5.74, 6) is -0.716. The molecule has 7 rings (SSSR count). The normalized spacial score (nSPS) is 17.9. The van der Waals surface area contributed by atoms with Crippen molar-refractivity contribution in [2.75, 3.05) is 10.2 Å². The maximum atomic E-state index is 14.3. The highest BCUT2D eigenvalue weighted by atomic mass is 16.2. The first-order chi connectivity index (χ1) is 20.4. The minimum Gasteiger partial charge on any atom is -0.356 e. The number of benzene rings is 4. The van der Waals surface area contributed by atoms with Crippen LogP contribution in [0.1, 0.15) is 51.3 Å². The van der Waals surface area contributed by atoms with Crippen molar-refractivity contribution in [3.63, 3.8) is 0 Å². The highest BCUT2D eigenvalue weighted by Crippen LogP contribution is 2.45. The van der Waals surface area contributed by atoms with Crippen molar-refractivity contribution in [3.8, 4) is 0 Å². The van der Waals surface area contributed by atoms with E-state index in [4.69, 9.17) is 0 Å². The van der Waals surface area contributed by atoms with Crippen molar-refractivity contribution in [2.45, 2.75) is 38.8 Å². The Morgan fingerprint density at radius 2 is 1.62 bits per heavy atom. The molecule has 42 heavy (non-hydrogen) atoms. The molecule has 2 aliphatic heterocycles. The first-order valence-electron chi connectivity index (χ1n) is 14.3. The number of fused-ring (bicyclic) bond motifs is 4. The molecule has 4 amide bonds. The molecule has 5 aromatic rings. The van der Waals surface area contributed by atoms with Gasteiger partial charge in [0.15, 0.2) is 0 Å². The Morgan fingerprint density at radius 3 is 2.38 bits per heavy atom. The van der Waals surface area contributed by atoms with Crippen LogP contribution in [0.5, 0.6) is 0 Å². The van der Waals surface area contributed by atoms with Crippen molar-refractivity contribution >= 4 is 40.1 Å². The molecule has 2 N–H and O–H groups in total. The van der Waals surface area contributed by atoms with E-state index in [1.165, 1.54) is 10.5 Å². The van der Waals surface area contributed by atoms with Crippen molar-refractivity contribution in [1.29, 1.82) is 0 Å². The van der Waals surface area contributed by atoms with Crippen molar-refractivity contribution < 1.29 is 14.4 Å². The maximum absolute atomic E-state index is 14.3. The van der Waals surface area contributed by atoms with E-state index in [1.807, 2.05) is 73.7 Å². The van der Waals surface area contributed by atoms with Crippen LogP contribution < -0.4 is 10.2 Å². The topological polar surface area (TPSA) is 85.5 Å². The van der Waals surface area contributed by atoms with Crippen LogP contribution in [0.15, 0.2) is 97.1 Å². The second kappa shape index (κ2) is 10.0. The predicted molar refractivity (Wildman–Crippen MR) is 164 cm³/mol. The number of carbonyl (C=O) groups is 3. The van der Waals surface area contributed by atoms with Gasteiger partial charge in [0.05, 0.1) is 11.3 Å². The van der Waals surface area contributed by atoms with Crippen LogP contribution >= 0.6 is 0 Å². The second-order valence-electron chi connectivity index (χ2n) is 11.0. The van der Waals surface area contributed by atoms with E-state index < -0.39 is 18.1 Å². The smallest absolute Gasteiger partial charge is 0.332 e. The van der Waals surface area contributed by atoms with Gasteiger partial charge in [0, 0.05) is 28.7 Å². The van der Waals surface area contributed by atoms with E-state index in [0.717, 1.165) is 39.7 Å². The molecule has 1 fully saturated rings. The molecule has 7 heteroatoms. The first kappa shape index (κ1) is 25.8. The average molecular weight is 555 g/mol. The fourth-order valence-corrected chi connectivity index (χ4v) is 6.27. The largest absolute Gasteiger partial charge is 0.356 e. The number of amides is 4. The van der Waals surface area contributed by atoms with Crippen LogP contribution in [-0.4, -0.2) is 33.8 Å². The SMILES string of the molecule is CCc1ccc(NC(=O)c2ccccc2N2C(=O)[C@@H]3Cc4c([nH]c5ccccc45)[C@@H](c4ccc(C)cc4)N3C2=O)cc1. The van der Waals surface area contributed by atoms with Gasteiger partial charge in [-0.2, -0.15) is 0 Å². The lowest BCUT2D eigenvalue weighted by atomic mass is 9.88. The van der Waals surface area contributed by atoms with E-state index in [9.17, 15) is 14.4 Å². The molecule has 2 atom stereocenters. The van der Waals surface area contributed by atoms with E-state index in [2.05, 4.69) is 23.3 Å². The number of nitrogens with one attached hydrogen (secondary N) is 2. The third kappa shape index (κ3) is 4.08. The summed E-state index contributed by atoms with van der Waals surface area (Å²) in [5.41, 5.74) is 7.32. The van der Waals surface area contributed by atoms with Gasteiger partial charge in [-0.3, -0.25) is 14.5 Å². The molecule has 4 aromatic carbocycles. The van der Waals surface area contributed by atoms with E-state index in [1.54, 1.807) is 29.2 Å². The number of H-pyrrole nitrogens is 1. The number of aromatic nitrogens is 1. The summed E-state index contributed by atoms with van der Waals surface area (Å²) >= 11 is 0. The van der Waals surface area contributed by atoms with Crippen molar-refractivity contribution in [2.24, 2.45) is 0 Å². The van der Waals surface area contributed by atoms with Gasteiger partial charge in [-0.1, -0.05) is 79.2 Å². The van der Waals surface area contributed by atoms with Crippen LogP contribution in [0.25, 0.3) is 10.9 Å². The number of aromatic amines is 1. The zero-order chi connectivity index (χ0) is 29.0. The summed E-state index contributed by atoms with van der Waals surface area (Å²) in [6, 6.07) is 28.9. The lowest BCUT2D eigenvalue weighted by Crippen LogP contribution is -2.44. The van der Waals surface area contributed by atoms with Crippen LogP contribution in [0.4, 0.5) is 16.2 Å². The van der Waals surface area contributed by atoms with E-state index in [-0.39, 0.29) is 23.1 Å². The van der Waals surface area contributed by atoms with Crippen LogP contribution in [-0.2, 0) is 17.6 Å². The van der Waals surface area contributed by atoms with Gasteiger partial charge in [0.2, 0.25) is 0 Å². The summed E-state index contributed by atoms with van der Waals surface area (Å²) < 4.78 is 0. The van der Waals surface area contributed by atoms with Crippen molar-refractivity contribution in [1.82, 2.24) is 9.88 Å². The number of rotatable bonds is 5. The third-order valence-corrected chi connectivity index (χ3v) is 8.45. The quantitative estimate of drug-likeness (QED) is 0.235. The van der Waals surface area contributed by atoms with E-state index >= 15 is 0 Å². The number of urea groups is 1. The molecule has 0 radical (unpaired) electrons. The molecular weight excluding hydrogens is 524 g/mol. The summed E-state index contributed by atoms with van der Waals surface area (Å²) in [6.45, 7) is 4.10. The molecule has 0 saturated carbocycles. The monoisotopic (exact) mass is 554 g/mol. The third-order valence-electron chi connectivity index (χ3n) is 8.45. The molecule has 0 unspecified atom stereocenters. The number of imide groups is 1. The summed E-state index contributed by atoms with van der Waals surface area (Å²) in [7, 11) is 0. The van der Waals surface area contributed by atoms with Gasteiger partial charge < -0.3 is 10.3 Å². The molecule has 1 saturated heterocycles. The van der Waals surface area contributed by atoms with Crippen LogP contribution in [0.2, 0.25) is 0 Å². The Morgan fingerprint density at radius 1 is 0.905 bits per heavy atom. The standard InChI is InChI=1S/C35H30N4O3/c1-3-22-14-18-24(19-15-22)36-33(40)26-9-5-7-11-29(26)39-34(41)30-20-27-25-8-4-6-10-28(25)37-31(27)32(38(30)35(39)42)23-16-12-21(2)13-17-23/h4-19,30,32,37H,3,20H2,1-2H3,(H,36,40)/t30-,32+/m0/s1. The Kier molecular flexibility index (Phi) is 6.16. The molecule has 0 aliphatic carbocycles. The molecule has 1 aromatic heterocycles. The molecule has 7 nitrogen and oxygen atoms in total. The van der Waals surface area contributed by atoms with Gasteiger partial charge in [-0.15, -0.1) is 0 Å². The second-order valence-corrected chi connectivity index (χ2v) is 11.0. The zero-order valence-corrected chi connectivity index (χ0v) is 23.4. The number of nitrogens with zero attached hydrogens (tertiary/aromatic N) is 2. The predicted octanol–water partition coefficient (Wildman–Crippen LogP) is 6.77. The summed E-state index contributed by atoms with van der Waals surface area (Å²) in [5, 5.41) is 3.98. The molecule has 0 bridgehead atoms. The minimum atomic E-state index is -0.701. The van der Waals surface area contributed by atoms with Gasteiger partial charge in [-0.05, 0) is 60.4 Å². The van der Waals surface area contributed by atoms with Gasteiger partial charge in [0.25, 0.3) is 11.8 Å². The molecule has 0 spiro atoms. The maximum Gasteiger partial charge on any atom is 0.332 e. The van der Waals surface area contributed by atoms with Gasteiger partial charge in [-0.25, -0.2) is 9.69 Å². The Hall–Kier alpha value is -5.17. The number of para-hydroxylation sites is 2. The lowest BCUT2D eigenvalue weighted by Gasteiger charge is -2.36. The first-order valence-corrected chi connectivity index (χ1v) is 14.3. The van der Waals surface area contributed by atoms with Crippen LogP contribution in [0, 0.1) is 6.92 Å². The number of hydrogen-bond acceptors (Lipinski definition) is 3. The molecule has 2 aliphatic rings. The Balaban J connectivity index is 1.29. The summed E-state index contributed by atoms with van der Waals surface area (Å²) in [4.78, 5) is 48.4. The lowest BCUT2D eigenvalue weighted by molar-refractivity contribution is -0.120. The highest BCUT2D eigenvalue weighted by molar-refractivity contribution is 6.24. The molecule has 208 valence electrons. The van der Waals surface area contributed by atoms with Crippen LogP contribution in [0.3, 0.4) is 0 Å². The fraction of sp³-hybridized carbons (Fsp3) is 0.171. The Bertz CT molecular complexity index is 1860. The van der Waals surface area contributed by atoms with E-state index in [0.29, 0.717) is 12.1 Å². The van der Waals surface area contributed by atoms with Gasteiger partial charge >= 0.3 is 6.03 Å². The minimum absolute atomic E-state index is 0.259. The fourth-order valence-electron chi connectivity index (χ4n) is 6.27. The number of carbonyl (C=O) groups excluding carboxylic acids is 3. The Labute approximate surface area is 243 Å².